The van der Waals surface area contributed by atoms with Crippen molar-refractivity contribution in [2.45, 2.75) is 25.3 Å². The van der Waals surface area contributed by atoms with Crippen LogP contribution in [0.3, 0.4) is 0 Å². The number of carbonyl (C=O) groups is 1. The van der Waals surface area contributed by atoms with E-state index >= 15 is 0 Å². The predicted octanol–water partition coefficient (Wildman–Crippen LogP) is 3.03. The van der Waals surface area contributed by atoms with Gasteiger partial charge in [-0.15, -0.1) is 0 Å². The number of hydrogen-bond donors (Lipinski definition) is 2. The Morgan fingerprint density at radius 3 is 2.48 bits per heavy atom. The van der Waals surface area contributed by atoms with E-state index in [9.17, 15) is 13.2 Å². The van der Waals surface area contributed by atoms with Crippen molar-refractivity contribution in [1.29, 1.82) is 0 Å². The van der Waals surface area contributed by atoms with E-state index in [-0.39, 0.29) is 17.4 Å². The van der Waals surface area contributed by atoms with Crippen LogP contribution >= 0.6 is 0 Å². The molecule has 0 aliphatic carbocycles. The van der Waals surface area contributed by atoms with Crippen LogP contribution in [0.5, 0.6) is 5.75 Å². The van der Waals surface area contributed by atoms with Crippen molar-refractivity contribution in [2.75, 3.05) is 12.4 Å². The molecule has 0 spiro atoms. The van der Waals surface area contributed by atoms with Gasteiger partial charge < -0.3 is 14.6 Å². The first kappa shape index (κ1) is 20.6. The molecule has 0 saturated heterocycles. The Morgan fingerprint density at radius 1 is 1.14 bits per heavy atom. The molecule has 0 aliphatic rings. The number of aromatic nitrogens is 1. The Morgan fingerprint density at radius 2 is 1.86 bits per heavy atom. The molecule has 0 fully saturated rings. The fraction of sp³-hybridized carbons (Fsp3) is 0.200. The second-order valence-corrected chi connectivity index (χ2v) is 8.19. The van der Waals surface area contributed by atoms with E-state index in [1.165, 1.54) is 31.3 Å². The average molecular weight is 415 g/mol. The normalized spacial score (nSPS) is 11.3. The Kier molecular flexibility index (Phi) is 6.00. The fourth-order valence-electron chi connectivity index (χ4n) is 2.63. The van der Waals surface area contributed by atoms with Gasteiger partial charge in [-0.1, -0.05) is 11.2 Å². The van der Waals surface area contributed by atoms with E-state index in [0.29, 0.717) is 22.8 Å². The summed E-state index contributed by atoms with van der Waals surface area (Å²) in [5, 5.41) is 6.62. The highest BCUT2D eigenvalue weighted by Crippen LogP contribution is 2.20. The van der Waals surface area contributed by atoms with Gasteiger partial charge in [0, 0.05) is 11.3 Å². The highest BCUT2D eigenvalue weighted by molar-refractivity contribution is 7.89. The number of aryl methyl sites for hydroxylation is 2. The third-order valence-corrected chi connectivity index (χ3v) is 5.78. The van der Waals surface area contributed by atoms with Crippen molar-refractivity contribution < 1.29 is 22.5 Å². The van der Waals surface area contributed by atoms with Gasteiger partial charge in [-0.05, 0) is 63.4 Å². The van der Waals surface area contributed by atoms with Gasteiger partial charge in [0.05, 0.1) is 16.2 Å². The molecule has 1 heterocycles. The molecule has 152 valence electrons. The number of anilines is 1. The molecule has 9 heteroatoms. The van der Waals surface area contributed by atoms with Gasteiger partial charge in [-0.2, -0.15) is 0 Å². The first-order valence-corrected chi connectivity index (χ1v) is 10.3. The van der Waals surface area contributed by atoms with Crippen LogP contribution in [-0.4, -0.2) is 26.5 Å². The number of carbonyl (C=O) groups excluding carboxylic acids is 1. The van der Waals surface area contributed by atoms with Crippen LogP contribution < -0.4 is 14.8 Å². The van der Waals surface area contributed by atoms with Gasteiger partial charge in [-0.25, -0.2) is 13.1 Å². The molecule has 0 unspecified atom stereocenters. The van der Waals surface area contributed by atoms with Crippen LogP contribution in [0.2, 0.25) is 0 Å². The van der Waals surface area contributed by atoms with Gasteiger partial charge in [0.2, 0.25) is 10.0 Å². The lowest BCUT2D eigenvalue weighted by Gasteiger charge is -2.09. The maximum atomic E-state index is 12.5. The summed E-state index contributed by atoms with van der Waals surface area (Å²) in [4.78, 5) is 12.6. The zero-order valence-electron chi connectivity index (χ0n) is 16.2. The molecule has 0 aliphatic heterocycles. The van der Waals surface area contributed by atoms with E-state index in [2.05, 4.69) is 15.2 Å². The van der Waals surface area contributed by atoms with E-state index in [0.717, 1.165) is 11.3 Å². The summed E-state index contributed by atoms with van der Waals surface area (Å²) in [7, 11) is -2.18. The van der Waals surface area contributed by atoms with Crippen molar-refractivity contribution in [3.8, 4) is 5.75 Å². The lowest BCUT2D eigenvalue weighted by molar-refractivity contribution is 0.102. The minimum Gasteiger partial charge on any atom is -0.489 e. The number of sulfonamides is 1. The molecular weight excluding hydrogens is 394 g/mol. The first-order valence-electron chi connectivity index (χ1n) is 8.80. The molecule has 8 nitrogen and oxygen atoms in total. The summed E-state index contributed by atoms with van der Waals surface area (Å²) in [5.74, 6) is 0.894. The van der Waals surface area contributed by atoms with Crippen LogP contribution in [0.1, 0.15) is 27.4 Å². The third kappa shape index (κ3) is 4.82. The number of hydrogen-bond acceptors (Lipinski definition) is 6. The van der Waals surface area contributed by atoms with E-state index in [1.807, 2.05) is 13.8 Å². The summed E-state index contributed by atoms with van der Waals surface area (Å²) in [6.07, 6.45) is 0. The SMILES string of the molecule is CNS(=O)(=O)c1ccc(NC(=O)c2cccc(OCc3c(C)noc3C)c2)cc1. The molecule has 1 aromatic heterocycles. The first-order chi connectivity index (χ1) is 13.8. The van der Waals surface area contributed by atoms with Crippen molar-refractivity contribution in [3.05, 3.63) is 71.1 Å². The number of nitrogens with zero attached hydrogens (tertiary/aromatic N) is 1. The number of benzene rings is 2. The van der Waals surface area contributed by atoms with Gasteiger partial charge in [0.1, 0.15) is 18.1 Å². The minimum atomic E-state index is -3.52. The van der Waals surface area contributed by atoms with Crippen LogP contribution in [0, 0.1) is 13.8 Å². The van der Waals surface area contributed by atoms with Crippen LogP contribution in [0.15, 0.2) is 57.9 Å². The number of ether oxygens (including phenoxy) is 1. The summed E-state index contributed by atoms with van der Waals surface area (Å²) < 4.78 is 36.6. The van der Waals surface area contributed by atoms with Crippen LogP contribution in [0.4, 0.5) is 5.69 Å². The van der Waals surface area contributed by atoms with Crippen molar-refractivity contribution >= 4 is 21.6 Å². The lowest BCUT2D eigenvalue weighted by Crippen LogP contribution is -2.18. The zero-order chi connectivity index (χ0) is 21.0. The molecule has 0 bridgehead atoms. The highest BCUT2D eigenvalue weighted by Gasteiger charge is 2.13. The smallest absolute Gasteiger partial charge is 0.255 e. The van der Waals surface area contributed by atoms with E-state index in [4.69, 9.17) is 9.26 Å². The van der Waals surface area contributed by atoms with Gasteiger partial charge in [-0.3, -0.25) is 4.79 Å². The maximum absolute atomic E-state index is 12.5. The van der Waals surface area contributed by atoms with E-state index in [1.54, 1.807) is 24.3 Å². The Balaban J connectivity index is 1.68. The Bertz CT molecular complexity index is 1100. The molecule has 0 saturated carbocycles. The van der Waals surface area contributed by atoms with Gasteiger partial charge in [0.15, 0.2) is 0 Å². The second-order valence-electron chi connectivity index (χ2n) is 6.31. The average Bonchev–Trinajstić information content (AvgIpc) is 3.04. The fourth-order valence-corrected chi connectivity index (χ4v) is 3.36. The molecule has 3 aromatic rings. The summed E-state index contributed by atoms with van der Waals surface area (Å²) in [6, 6.07) is 12.7. The molecule has 0 radical (unpaired) electrons. The van der Waals surface area contributed by atoms with Gasteiger partial charge in [0.25, 0.3) is 5.91 Å². The molecule has 29 heavy (non-hydrogen) atoms. The summed E-state index contributed by atoms with van der Waals surface area (Å²) in [5.41, 5.74) is 2.52. The quantitative estimate of drug-likeness (QED) is 0.614. The summed E-state index contributed by atoms with van der Waals surface area (Å²) >= 11 is 0. The topological polar surface area (TPSA) is 111 Å². The lowest BCUT2D eigenvalue weighted by atomic mass is 10.2. The predicted molar refractivity (Wildman–Crippen MR) is 107 cm³/mol. The third-order valence-electron chi connectivity index (χ3n) is 4.35. The monoisotopic (exact) mass is 415 g/mol. The standard InChI is InChI=1S/C20H21N3O5S/c1-13-19(14(2)28-23-13)12-27-17-6-4-5-15(11-17)20(24)22-16-7-9-18(10-8-16)29(25,26)21-3/h4-11,21H,12H2,1-3H3,(H,22,24). The minimum absolute atomic E-state index is 0.118. The van der Waals surface area contributed by atoms with Crippen molar-refractivity contribution in [2.24, 2.45) is 0 Å². The molecule has 3 rings (SSSR count). The van der Waals surface area contributed by atoms with E-state index < -0.39 is 10.0 Å². The molecule has 2 aromatic carbocycles. The Labute approximate surface area is 168 Å². The number of amides is 1. The number of rotatable bonds is 7. The summed E-state index contributed by atoms with van der Waals surface area (Å²) in [6.45, 7) is 3.94. The molecule has 1 amide bonds. The van der Waals surface area contributed by atoms with Crippen LogP contribution in [-0.2, 0) is 16.6 Å². The molecule has 0 atom stereocenters. The van der Waals surface area contributed by atoms with Crippen molar-refractivity contribution in [3.63, 3.8) is 0 Å². The van der Waals surface area contributed by atoms with Gasteiger partial charge >= 0.3 is 0 Å². The zero-order valence-corrected chi connectivity index (χ0v) is 17.0. The Hall–Kier alpha value is -3.17. The molecular formula is C20H21N3O5S. The molecule has 2 N–H and O–H groups in total. The maximum Gasteiger partial charge on any atom is 0.255 e. The van der Waals surface area contributed by atoms with Crippen molar-refractivity contribution in [1.82, 2.24) is 9.88 Å². The highest BCUT2D eigenvalue weighted by atomic mass is 32.2. The second kappa shape index (κ2) is 8.46. The largest absolute Gasteiger partial charge is 0.489 e. The number of nitrogens with one attached hydrogen (secondary N) is 2. The van der Waals surface area contributed by atoms with Crippen LogP contribution in [0.25, 0.3) is 0 Å².